The molecular formula is C16H14Cl2N6O2S. The van der Waals surface area contributed by atoms with Crippen molar-refractivity contribution in [1.82, 2.24) is 9.97 Å². The van der Waals surface area contributed by atoms with Gasteiger partial charge in [0.15, 0.2) is 0 Å². The number of nitrogen functional groups attached to an aromatic ring is 1. The molecule has 0 aliphatic heterocycles. The Kier molecular flexibility index (Phi) is 5.36. The van der Waals surface area contributed by atoms with E-state index in [9.17, 15) is 9.59 Å². The van der Waals surface area contributed by atoms with E-state index in [0.717, 1.165) is 11.3 Å². The smallest absolute Gasteiger partial charge is 0.260 e. The summed E-state index contributed by atoms with van der Waals surface area (Å²) in [5.41, 5.74) is 18.0. The number of hydrogen-bond acceptors (Lipinski definition) is 7. The first kappa shape index (κ1) is 19.2. The van der Waals surface area contributed by atoms with Gasteiger partial charge in [0.05, 0.1) is 26.8 Å². The lowest BCUT2D eigenvalue weighted by Gasteiger charge is -2.09. The zero-order valence-electron chi connectivity index (χ0n) is 13.8. The summed E-state index contributed by atoms with van der Waals surface area (Å²) in [6.07, 6.45) is 0.114. The molecule has 0 unspecified atom stereocenters. The fourth-order valence-corrected chi connectivity index (χ4v) is 3.68. The van der Waals surface area contributed by atoms with Crippen LogP contribution in [-0.4, -0.2) is 28.3 Å². The van der Waals surface area contributed by atoms with Gasteiger partial charge in [-0.2, -0.15) is 0 Å². The lowest BCUT2D eigenvalue weighted by molar-refractivity contribution is -0.117. The number of amides is 2. The molecule has 27 heavy (non-hydrogen) atoms. The van der Waals surface area contributed by atoms with E-state index in [1.54, 1.807) is 18.2 Å². The molecule has 7 N–H and O–H groups in total. The highest BCUT2D eigenvalue weighted by atomic mass is 35.5. The Balaban J connectivity index is 2.19. The van der Waals surface area contributed by atoms with Crippen molar-refractivity contribution in [2.45, 2.75) is 6.42 Å². The molecule has 0 radical (unpaired) electrons. The van der Waals surface area contributed by atoms with Crippen molar-refractivity contribution in [3.8, 4) is 11.3 Å². The number of hydrogen-bond donors (Lipinski definition) is 4. The second-order valence-electron chi connectivity index (χ2n) is 5.56. The Hall–Kier alpha value is -2.62. The van der Waals surface area contributed by atoms with Crippen LogP contribution in [0.25, 0.3) is 21.5 Å². The average Bonchev–Trinajstić information content (AvgIpc) is 2.93. The molecule has 8 nitrogen and oxygen atoms in total. The van der Waals surface area contributed by atoms with Crippen LogP contribution in [0.4, 0.5) is 11.6 Å². The first-order valence-corrected chi connectivity index (χ1v) is 9.22. The number of rotatable bonds is 6. The van der Waals surface area contributed by atoms with Crippen LogP contribution in [0, 0.1) is 0 Å². The van der Waals surface area contributed by atoms with Gasteiger partial charge in [0.25, 0.3) is 5.91 Å². The fraction of sp³-hybridized carbons (Fsp3) is 0.125. The van der Waals surface area contributed by atoms with E-state index in [1.807, 2.05) is 0 Å². The summed E-state index contributed by atoms with van der Waals surface area (Å²) in [6.45, 7) is 0.255. The minimum absolute atomic E-state index is 0.114. The topological polar surface area (TPSA) is 150 Å². The van der Waals surface area contributed by atoms with Crippen LogP contribution in [0.15, 0.2) is 18.2 Å². The molecule has 11 heteroatoms. The second kappa shape index (κ2) is 7.55. The SMILES string of the molecule is NC(=O)CCNc1nc(-c2ccc(Cl)c(Cl)c2)c2c(N)c(C(N)=O)sc2n1. The number of thiophene rings is 1. The molecule has 1 aromatic carbocycles. The summed E-state index contributed by atoms with van der Waals surface area (Å²) in [6, 6.07) is 5.00. The molecule has 0 saturated carbocycles. The normalized spacial score (nSPS) is 10.9. The van der Waals surface area contributed by atoms with Crippen LogP contribution in [0.5, 0.6) is 0 Å². The van der Waals surface area contributed by atoms with Crippen LogP contribution in [0.1, 0.15) is 16.1 Å². The predicted molar refractivity (Wildman–Crippen MR) is 108 cm³/mol. The van der Waals surface area contributed by atoms with Crippen molar-refractivity contribution < 1.29 is 9.59 Å². The summed E-state index contributed by atoms with van der Waals surface area (Å²) in [5.74, 6) is -0.856. The monoisotopic (exact) mass is 424 g/mol. The third-order valence-electron chi connectivity index (χ3n) is 3.66. The third kappa shape index (κ3) is 3.90. The highest BCUT2D eigenvalue weighted by Gasteiger charge is 2.21. The molecule has 0 saturated heterocycles. The maximum atomic E-state index is 11.7. The summed E-state index contributed by atoms with van der Waals surface area (Å²) in [4.78, 5) is 32.1. The van der Waals surface area contributed by atoms with Gasteiger partial charge >= 0.3 is 0 Å². The molecule has 2 aromatic heterocycles. The predicted octanol–water partition coefficient (Wildman–Crippen LogP) is 2.63. The van der Waals surface area contributed by atoms with E-state index in [0.29, 0.717) is 31.5 Å². The molecule has 3 rings (SSSR count). The van der Waals surface area contributed by atoms with Crippen LogP contribution in [0.3, 0.4) is 0 Å². The fourth-order valence-electron chi connectivity index (χ4n) is 2.43. The molecule has 3 aromatic rings. The minimum Gasteiger partial charge on any atom is -0.397 e. The molecule has 2 amide bonds. The second-order valence-corrected chi connectivity index (χ2v) is 7.37. The Bertz CT molecular complexity index is 1070. The first-order valence-electron chi connectivity index (χ1n) is 7.65. The van der Waals surface area contributed by atoms with Gasteiger partial charge in [-0.3, -0.25) is 9.59 Å². The quantitative estimate of drug-likeness (QED) is 0.477. The molecule has 0 atom stereocenters. The molecule has 0 aliphatic carbocycles. The molecule has 140 valence electrons. The number of halogens is 2. The Morgan fingerprint density at radius 3 is 2.52 bits per heavy atom. The summed E-state index contributed by atoms with van der Waals surface area (Å²) in [7, 11) is 0. The van der Waals surface area contributed by atoms with Gasteiger partial charge in [-0.1, -0.05) is 29.3 Å². The van der Waals surface area contributed by atoms with E-state index >= 15 is 0 Å². The number of anilines is 2. The number of nitrogens with one attached hydrogen (secondary N) is 1. The first-order chi connectivity index (χ1) is 12.8. The zero-order valence-corrected chi connectivity index (χ0v) is 16.1. The van der Waals surface area contributed by atoms with E-state index in [-0.39, 0.29) is 29.5 Å². The molecule has 0 bridgehead atoms. The van der Waals surface area contributed by atoms with Gasteiger partial charge in [0.2, 0.25) is 11.9 Å². The molecule has 0 fully saturated rings. The highest BCUT2D eigenvalue weighted by Crippen LogP contribution is 2.40. The Labute approximate surface area is 167 Å². The van der Waals surface area contributed by atoms with Crippen LogP contribution in [0.2, 0.25) is 10.0 Å². The maximum absolute atomic E-state index is 11.7. The van der Waals surface area contributed by atoms with Crippen LogP contribution in [-0.2, 0) is 4.79 Å². The van der Waals surface area contributed by atoms with Gasteiger partial charge in [0, 0.05) is 18.5 Å². The lowest BCUT2D eigenvalue weighted by atomic mass is 10.1. The van der Waals surface area contributed by atoms with E-state index in [2.05, 4.69) is 15.3 Å². The third-order valence-corrected chi connectivity index (χ3v) is 5.51. The van der Waals surface area contributed by atoms with Gasteiger partial charge in [-0.15, -0.1) is 11.3 Å². The number of carbonyl (C=O) groups is 2. The highest BCUT2D eigenvalue weighted by molar-refractivity contribution is 7.21. The largest absolute Gasteiger partial charge is 0.397 e. The molecule has 2 heterocycles. The standard InChI is InChI=1S/C16H14Cl2N6O2S/c17-7-2-1-6(5-8(7)18)12-10-11(20)13(14(21)26)27-15(10)24-16(23-12)22-4-3-9(19)25/h1-2,5H,3-4,20H2,(H2,19,25)(H2,21,26)(H,22,23,24). The summed E-state index contributed by atoms with van der Waals surface area (Å²) >= 11 is 13.2. The molecular weight excluding hydrogens is 411 g/mol. The number of benzene rings is 1. The Morgan fingerprint density at radius 1 is 1.15 bits per heavy atom. The number of aromatic nitrogens is 2. The van der Waals surface area contributed by atoms with Crippen molar-refractivity contribution in [3.05, 3.63) is 33.1 Å². The lowest BCUT2D eigenvalue weighted by Crippen LogP contribution is -2.16. The minimum atomic E-state index is -0.654. The summed E-state index contributed by atoms with van der Waals surface area (Å²) in [5, 5.41) is 4.15. The molecule has 0 aliphatic rings. The van der Waals surface area contributed by atoms with Gasteiger partial charge in [0.1, 0.15) is 9.71 Å². The number of nitrogens with two attached hydrogens (primary N) is 3. The van der Waals surface area contributed by atoms with Gasteiger partial charge in [-0.05, 0) is 12.1 Å². The maximum Gasteiger partial charge on any atom is 0.260 e. The number of fused-ring (bicyclic) bond motifs is 1. The van der Waals surface area contributed by atoms with Gasteiger partial charge in [-0.25, -0.2) is 9.97 Å². The van der Waals surface area contributed by atoms with Crippen LogP contribution < -0.4 is 22.5 Å². The van der Waals surface area contributed by atoms with E-state index in [4.69, 9.17) is 40.4 Å². The van der Waals surface area contributed by atoms with Crippen LogP contribution >= 0.6 is 34.5 Å². The van der Waals surface area contributed by atoms with Crippen molar-refractivity contribution in [2.24, 2.45) is 11.5 Å². The number of nitrogens with zero attached hydrogens (tertiary/aromatic N) is 2. The number of primary amides is 2. The Morgan fingerprint density at radius 2 is 1.89 bits per heavy atom. The van der Waals surface area contributed by atoms with Crippen molar-refractivity contribution >= 4 is 68.2 Å². The summed E-state index contributed by atoms with van der Waals surface area (Å²) < 4.78 is 0. The van der Waals surface area contributed by atoms with Crippen molar-refractivity contribution in [2.75, 3.05) is 17.6 Å². The van der Waals surface area contributed by atoms with E-state index in [1.165, 1.54) is 0 Å². The number of carbonyl (C=O) groups excluding carboxylic acids is 2. The average molecular weight is 425 g/mol. The molecule has 0 spiro atoms. The van der Waals surface area contributed by atoms with E-state index < -0.39 is 11.8 Å². The zero-order chi connectivity index (χ0) is 19.7. The van der Waals surface area contributed by atoms with Crippen molar-refractivity contribution in [1.29, 1.82) is 0 Å². The van der Waals surface area contributed by atoms with Gasteiger partial charge < -0.3 is 22.5 Å². The van der Waals surface area contributed by atoms with Crippen molar-refractivity contribution in [3.63, 3.8) is 0 Å².